The van der Waals surface area contributed by atoms with Gasteiger partial charge in [-0.25, -0.2) is 0 Å². The zero-order chi connectivity index (χ0) is 22.9. The number of aromatic amines is 1. The number of fused-ring (bicyclic) bond motifs is 1. The zero-order valence-electron chi connectivity index (χ0n) is 19.3. The van der Waals surface area contributed by atoms with Gasteiger partial charge in [-0.15, -0.1) is 0 Å². The zero-order valence-corrected chi connectivity index (χ0v) is 19.3. The third-order valence-electron chi connectivity index (χ3n) is 6.21. The molecule has 4 aromatic rings. The summed E-state index contributed by atoms with van der Waals surface area (Å²) in [6, 6.07) is 10.1. The van der Waals surface area contributed by atoms with Crippen LogP contribution in [0.2, 0.25) is 0 Å². The Balaban J connectivity index is 2.08. The number of benzene rings is 1. The normalized spacial score (nSPS) is 13.6. The van der Waals surface area contributed by atoms with Crippen molar-refractivity contribution in [2.75, 3.05) is 6.61 Å². The van der Waals surface area contributed by atoms with Gasteiger partial charge >= 0.3 is 0 Å². The lowest BCUT2D eigenvalue weighted by atomic mass is 9.74. The minimum atomic E-state index is -1.34. The fraction of sp³-hybridized carbons (Fsp3) is 0.400. The highest BCUT2D eigenvalue weighted by molar-refractivity contribution is 5.87. The predicted molar refractivity (Wildman–Crippen MR) is 124 cm³/mol. The van der Waals surface area contributed by atoms with E-state index in [1.165, 1.54) is 0 Å². The lowest BCUT2D eigenvalue weighted by molar-refractivity contribution is 0.00956. The standard InChI is InChI=1S/C25H30N4O3/c1-6-18(7-2)25(30,21-11-9-10-12-26-21)19-13-17(22-15(4)29-32-16(22)5)14-20-23(19)28-24(27-20)31-8-3/h9-14,18,30H,6-8H2,1-5H3,(H,27,28). The van der Waals surface area contributed by atoms with E-state index in [2.05, 4.69) is 29.0 Å². The number of hydrogen-bond acceptors (Lipinski definition) is 6. The van der Waals surface area contributed by atoms with E-state index < -0.39 is 5.60 Å². The Kier molecular flexibility index (Phi) is 6.02. The van der Waals surface area contributed by atoms with E-state index in [1.807, 2.05) is 51.1 Å². The molecule has 4 rings (SSSR count). The molecular weight excluding hydrogens is 404 g/mol. The quantitative estimate of drug-likeness (QED) is 0.390. The molecule has 0 amide bonds. The first-order valence-electron chi connectivity index (χ1n) is 11.2. The minimum Gasteiger partial charge on any atom is -0.465 e. The van der Waals surface area contributed by atoms with Crippen molar-refractivity contribution in [3.8, 4) is 17.1 Å². The first-order valence-corrected chi connectivity index (χ1v) is 11.2. The summed E-state index contributed by atoms with van der Waals surface area (Å²) in [5.74, 6) is 0.661. The first kappa shape index (κ1) is 22.0. The maximum Gasteiger partial charge on any atom is 0.294 e. The molecule has 0 radical (unpaired) electrons. The number of rotatable bonds is 8. The van der Waals surface area contributed by atoms with Crippen LogP contribution in [0.15, 0.2) is 41.1 Å². The molecule has 7 nitrogen and oxygen atoms in total. The molecular formula is C25H30N4O3. The van der Waals surface area contributed by atoms with Gasteiger partial charge in [0.05, 0.1) is 29.0 Å². The van der Waals surface area contributed by atoms with Crippen LogP contribution in [-0.4, -0.2) is 31.8 Å². The molecule has 3 aromatic heterocycles. The highest BCUT2D eigenvalue weighted by Gasteiger charge is 2.42. The van der Waals surface area contributed by atoms with Crippen LogP contribution in [0.1, 0.15) is 56.3 Å². The van der Waals surface area contributed by atoms with E-state index in [1.54, 1.807) is 6.20 Å². The lowest BCUT2D eigenvalue weighted by Crippen LogP contribution is -2.37. The van der Waals surface area contributed by atoms with Crippen molar-refractivity contribution in [3.63, 3.8) is 0 Å². The molecule has 1 unspecified atom stereocenters. The number of imidazole rings is 1. The van der Waals surface area contributed by atoms with Crippen molar-refractivity contribution in [1.29, 1.82) is 0 Å². The number of hydrogen-bond donors (Lipinski definition) is 2. The molecule has 7 heteroatoms. The van der Waals surface area contributed by atoms with Gasteiger partial charge in [0.2, 0.25) is 0 Å². The molecule has 1 aromatic carbocycles. The monoisotopic (exact) mass is 434 g/mol. The summed E-state index contributed by atoms with van der Waals surface area (Å²) in [7, 11) is 0. The van der Waals surface area contributed by atoms with Gasteiger partial charge < -0.3 is 19.4 Å². The SMILES string of the molecule is CCOc1nc2c(C(O)(c3ccccn3)C(CC)CC)cc(-c3c(C)noc3C)cc2[nH]1. The van der Waals surface area contributed by atoms with Crippen molar-refractivity contribution < 1.29 is 14.4 Å². The van der Waals surface area contributed by atoms with Crippen molar-refractivity contribution in [2.45, 2.75) is 53.1 Å². The smallest absolute Gasteiger partial charge is 0.294 e. The number of aromatic nitrogens is 4. The molecule has 0 fully saturated rings. The van der Waals surface area contributed by atoms with E-state index in [0.717, 1.165) is 40.9 Å². The summed E-state index contributed by atoms with van der Waals surface area (Å²) in [6.45, 7) is 10.4. The van der Waals surface area contributed by atoms with Crippen molar-refractivity contribution in [3.05, 3.63) is 59.2 Å². The summed E-state index contributed by atoms with van der Waals surface area (Å²) < 4.78 is 11.1. The summed E-state index contributed by atoms with van der Waals surface area (Å²) in [5, 5.41) is 16.5. The number of aliphatic hydroxyl groups is 1. The number of nitrogens with one attached hydrogen (secondary N) is 1. The number of aryl methyl sites for hydroxylation is 2. The van der Waals surface area contributed by atoms with Gasteiger partial charge in [0.15, 0.2) is 0 Å². The fourth-order valence-corrected chi connectivity index (χ4v) is 4.66. The van der Waals surface area contributed by atoms with Crippen LogP contribution in [-0.2, 0) is 5.60 Å². The molecule has 32 heavy (non-hydrogen) atoms. The van der Waals surface area contributed by atoms with Gasteiger partial charge in [0, 0.05) is 17.3 Å². The molecule has 2 N–H and O–H groups in total. The average molecular weight is 435 g/mol. The molecule has 3 heterocycles. The van der Waals surface area contributed by atoms with Crippen LogP contribution < -0.4 is 4.74 Å². The molecule has 0 aliphatic rings. The average Bonchev–Trinajstić information content (AvgIpc) is 3.36. The van der Waals surface area contributed by atoms with Crippen LogP contribution in [0.25, 0.3) is 22.2 Å². The molecule has 0 aliphatic heterocycles. The van der Waals surface area contributed by atoms with Crippen LogP contribution in [0, 0.1) is 19.8 Å². The van der Waals surface area contributed by atoms with Gasteiger partial charge in [0.1, 0.15) is 11.4 Å². The maximum atomic E-state index is 12.4. The van der Waals surface area contributed by atoms with Crippen molar-refractivity contribution in [2.24, 2.45) is 5.92 Å². The molecule has 0 saturated carbocycles. The molecule has 168 valence electrons. The van der Waals surface area contributed by atoms with E-state index in [-0.39, 0.29) is 5.92 Å². The maximum absolute atomic E-state index is 12.4. The largest absolute Gasteiger partial charge is 0.465 e. The number of H-pyrrole nitrogens is 1. The van der Waals surface area contributed by atoms with Crippen LogP contribution in [0.5, 0.6) is 6.01 Å². The second-order valence-electron chi connectivity index (χ2n) is 8.09. The summed E-state index contributed by atoms with van der Waals surface area (Å²) in [6.07, 6.45) is 3.28. The Bertz CT molecular complexity index is 1190. The number of nitrogens with zero attached hydrogens (tertiary/aromatic N) is 3. The Hall–Kier alpha value is -3.19. The summed E-state index contributed by atoms with van der Waals surface area (Å²) in [5.41, 5.74) is 4.01. The topological polar surface area (TPSA) is 97.1 Å². The Morgan fingerprint density at radius 1 is 1.16 bits per heavy atom. The van der Waals surface area contributed by atoms with Gasteiger partial charge in [-0.1, -0.05) is 25.1 Å². The highest BCUT2D eigenvalue weighted by Crippen LogP contribution is 2.44. The molecule has 0 aliphatic carbocycles. The van der Waals surface area contributed by atoms with Crippen molar-refractivity contribution >= 4 is 11.0 Å². The predicted octanol–water partition coefficient (Wildman–Crippen LogP) is 5.30. The molecule has 1 atom stereocenters. The van der Waals surface area contributed by atoms with Crippen LogP contribution in [0.3, 0.4) is 0 Å². The van der Waals surface area contributed by atoms with Crippen LogP contribution >= 0.6 is 0 Å². The summed E-state index contributed by atoms with van der Waals surface area (Å²) >= 11 is 0. The van der Waals surface area contributed by atoms with Gasteiger partial charge in [-0.2, -0.15) is 4.98 Å². The second kappa shape index (κ2) is 8.74. The summed E-state index contributed by atoms with van der Waals surface area (Å²) in [4.78, 5) is 12.5. The van der Waals surface area contributed by atoms with Crippen molar-refractivity contribution in [1.82, 2.24) is 20.1 Å². The number of pyridine rings is 1. The van der Waals surface area contributed by atoms with E-state index in [9.17, 15) is 5.11 Å². The Morgan fingerprint density at radius 2 is 1.94 bits per heavy atom. The highest BCUT2D eigenvalue weighted by atomic mass is 16.5. The first-order chi connectivity index (χ1) is 15.4. The van der Waals surface area contributed by atoms with Gasteiger partial charge in [-0.3, -0.25) is 4.98 Å². The number of ether oxygens (including phenoxy) is 1. The van der Waals surface area contributed by atoms with Gasteiger partial charge in [0.25, 0.3) is 6.01 Å². The Labute approximate surface area is 187 Å². The molecule has 0 spiro atoms. The Morgan fingerprint density at radius 3 is 2.53 bits per heavy atom. The fourth-order valence-electron chi connectivity index (χ4n) is 4.66. The van der Waals surface area contributed by atoms with E-state index >= 15 is 0 Å². The second-order valence-corrected chi connectivity index (χ2v) is 8.09. The minimum absolute atomic E-state index is 0.0623. The van der Waals surface area contributed by atoms with Gasteiger partial charge in [-0.05, 0) is 69.4 Å². The van der Waals surface area contributed by atoms with E-state index in [4.69, 9.17) is 14.2 Å². The third-order valence-corrected chi connectivity index (χ3v) is 6.21. The molecule has 0 bridgehead atoms. The lowest BCUT2D eigenvalue weighted by Gasteiger charge is -2.36. The third kappa shape index (κ3) is 3.56. The van der Waals surface area contributed by atoms with Crippen LogP contribution in [0.4, 0.5) is 0 Å². The van der Waals surface area contributed by atoms with E-state index in [0.29, 0.717) is 29.4 Å². The molecule has 0 saturated heterocycles.